The Morgan fingerprint density at radius 2 is 1.81 bits per heavy atom. The number of benzene rings is 1. The predicted molar refractivity (Wildman–Crippen MR) is 126 cm³/mol. The predicted octanol–water partition coefficient (Wildman–Crippen LogP) is 4.08. The largest absolute Gasteiger partial charge is 0.385 e. The number of rotatable bonds is 11. The van der Waals surface area contributed by atoms with Crippen molar-refractivity contribution < 1.29 is 14.3 Å². The Hall–Kier alpha value is -2.60. The molecule has 174 valence electrons. The molecule has 1 aromatic heterocycles. The highest BCUT2D eigenvalue weighted by Crippen LogP contribution is 2.25. The Balaban J connectivity index is 1.74. The normalized spacial score (nSPS) is 14.3. The zero-order valence-electron chi connectivity index (χ0n) is 19.5. The highest BCUT2D eigenvalue weighted by atomic mass is 16.5. The van der Waals surface area contributed by atoms with Gasteiger partial charge in [0.2, 0.25) is 11.8 Å². The van der Waals surface area contributed by atoms with Crippen molar-refractivity contribution in [2.75, 3.05) is 26.8 Å². The van der Waals surface area contributed by atoms with E-state index in [2.05, 4.69) is 47.2 Å². The fraction of sp³-hybridized carbons (Fsp3) is 0.538. The van der Waals surface area contributed by atoms with Crippen molar-refractivity contribution in [3.8, 4) is 0 Å². The van der Waals surface area contributed by atoms with Crippen molar-refractivity contribution in [2.45, 2.75) is 64.6 Å². The van der Waals surface area contributed by atoms with Crippen molar-refractivity contribution in [3.63, 3.8) is 0 Å². The summed E-state index contributed by atoms with van der Waals surface area (Å²) in [6.45, 7) is 4.15. The van der Waals surface area contributed by atoms with Crippen LogP contribution in [-0.2, 0) is 27.4 Å². The van der Waals surface area contributed by atoms with E-state index in [4.69, 9.17) is 4.74 Å². The number of carbonyl (C=O) groups excluding carboxylic acids is 2. The van der Waals surface area contributed by atoms with E-state index < -0.39 is 0 Å². The molecule has 0 atom stereocenters. The lowest BCUT2D eigenvalue weighted by Gasteiger charge is -2.36. The average molecular weight is 440 g/mol. The maximum absolute atomic E-state index is 13.5. The summed E-state index contributed by atoms with van der Waals surface area (Å²) in [7, 11) is 1.65. The Labute approximate surface area is 192 Å². The average Bonchev–Trinajstić information content (AvgIpc) is 3.24. The van der Waals surface area contributed by atoms with Crippen LogP contribution in [0.5, 0.6) is 0 Å². The zero-order valence-corrected chi connectivity index (χ0v) is 19.5. The van der Waals surface area contributed by atoms with Gasteiger partial charge in [-0.3, -0.25) is 9.59 Å². The number of methoxy groups -OCH3 is 1. The number of amides is 2. The van der Waals surface area contributed by atoms with Gasteiger partial charge >= 0.3 is 0 Å². The SMILES string of the molecule is COCCCN(CC(=O)N(Cc1cccn1Cc1ccccc1)C1CCCCC1)C(C)=O. The number of hydrogen-bond acceptors (Lipinski definition) is 3. The van der Waals surface area contributed by atoms with Gasteiger partial charge < -0.3 is 19.1 Å². The summed E-state index contributed by atoms with van der Waals surface area (Å²) in [6, 6.07) is 14.8. The van der Waals surface area contributed by atoms with Crippen LogP contribution in [0.2, 0.25) is 0 Å². The van der Waals surface area contributed by atoms with Gasteiger partial charge in [0.1, 0.15) is 0 Å². The second kappa shape index (κ2) is 12.4. The summed E-state index contributed by atoms with van der Waals surface area (Å²) in [5.74, 6) is -0.0255. The van der Waals surface area contributed by atoms with Gasteiger partial charge in [0.15, 0.2) is 0 Å². The van der Waals surface area contributed by atoms with Gasteiger partial charge in [0, 0.05) is 51.7 Å². The van der Waals surface area contributed by atoms with Gasteiger partial charge in [0.05, 0.1) is 13.1 Å². The van der Waals surface area contributed by atoms with Crippen LogP contribution in [0.3, 0.4) is 0 Å². The minimum atomic E-state index is -0.0644. The first-order chi connectivity index (χ1) is 15.6. The molecule has 1 aliphatic rings. The third kappa shape index (κ3) is 6.95. The van der Waals surface area contributed by atoms with Crippen molar-refractivity contribution in [3.05, 3.63) is 59.9 Å². The summed E-state index contributed by atoms with van der Waals surface area (Å²) >= 11 is 0. The van der Waals surface area contributed by atoms with Crippen LogP contribution in [0.25, 0.3) is 0 Å². The van der Waals surface area contributed by atoms with E-state index in [1.165, 1.54) is 18.9 Å². The number of hydrogen-bond donors (Lipinski definition) is 0. The van der Waals surface area contributed by atoms with Gasteiger partial charge in [-0.1, -0.05) is 49.6 Å². The van der Waals surface area contributed by atoms with E-state index in [1.807, 2.05) is 11.0 Å². The fourth-order valence-corrected chi connectivity index (χ4v) is 4.52. The van der Waals surface area contributed by atoms with E-state index in [9.17, 15) is 9.59 Å². The first kappa shape index (κ1) is 24.1. The number of aromatic nitrogens is 1. The molecular weight excluding hydrogens is 402 g/mol. The molecule has 2 amide bonds. The molecule has 2 aromatic rings. The smallest absolute Gasteiger partial charge is 0.242 e. The Morgan fingerprint density at radius 1 is 1.06 bits per heavy atom. The fourth-order valence-electron chi connectivity index (χ4n) is 4.52. The minimum Gasteiger partial charge on any atom is -0.385 e. The lowest BCUT2D eigenvalue weighted by Crippen LogP contribution is -2.47. The molecule has 1 fully saturated rings. The first-order valence-electron chi connectivity index (χ1n) is 11.8. The van der Waals surface area contributed by atoms with Crippen LogP contribution < -0.4 is 0 Å². The highest BCUT2D eigenvalue weighted by Gasteiger charge is 2.28. The number of carbonyl (C=O) groups is 2. The number of nitrogens with zero attached hydrogens (tertiary/aromatic N) is 3. The molecule has 0 bridgehead atoms. The van der Waals surface area contributed by atoms with Gasteiger partial charge in [-0.15, -0.1) is 0 Å². The molecule has 0 N–H and O–H groups in total. The molecule has 3 rings (SSSR count). The van der Waals surface area contributed by atoms with Crippen molar-refractivity contribution in [1.29, 1.82) is 0 Å². The lowest BCUT2D eigenvalue weighted by molar-refractivity contribution is -0.142. The molecule has 1 aliphatic carbocycles. The minimum absolute atomic E-state index is 0.0389. The van der Waals surface area contributed by atoms with Crippen LogP contribution in [-0.4, -0.2) is 59.0 Å². The molecule has 0 unspecified atom stereocenters. The van der Waals surface area contributed by atoms with Crippen molar-refractivity contribution >= 4 is 11.8 Å². The highest BCUT2D eigenvalue weighted by molar-refractivity contribution is 5.84. The lowest BCUT2D eigenvalue weighted by atomic mass is 9.94. The van der Waals surface area contributed by atoms with Gasteiger partial charge in [-0.25, -0.2) is 0 Å². The molecule has 1 heterocycles. The van der Waals surface area contributed by atoms with E-state index in [0.717, 1.165) is 44.3 Å². The van der Waals surface area contributed by atoms with Crippen LogP contribution in [0.1, 0.15) is 56.7 Å². The standard InChI is InChI=1S/C26H37N3O3/c1-22(30)27(17-10-18-32-2)21-26(31)29(24-13-7-4-8-14-24)20-25-15-9-16-28(25)19-23-11-5-3-6-12-23/h3,5-6,9,11-12,15-16,24H,4,7-8,10,13-14,17-21H2,1-2H3. The summed E-state index contributed by atoms with van der Waals surface area (Å²) in [6.07, 6.45) is 8.43. The third-order valence-electron chi connectivity index (χ3n) is 6.34. The molecule has 32 heavy (non-hydrogen) atoms. The Morgan fingerprint density at radius 3 is 2.50 bits per heavy atom. The second-order valence-electron chi connectivity index (χ2n) is 8.71. The number of ether oxygens (including phenoxy) is 1. The van der Waals surface area contributed by atoms with Gasteiger partial charge in [-0.05, 0) is 37.0 Å². The molecule has 0 saturated heterocycles. The summed E-state index contributed by atoms with van der Waals surface area (Å²) in [4.78, 5) is 29.3. The zero-order chi connectivity index (χ0) is 22.8. The first-order valence-corrected chi connectivity index (χ1v) is 11.8. The van der Waals surface area contributed by atoms with Gasteiger partial charge in [0.25, 0.3) is 0 Å². The van der Waals surface area contributed by atoms with E-state index in [0.29, 0.717) is 19.7 Å². The summed E-state index contributed by atoms with van der Waals surface area (Å²) < 4.78 is 7.34. The van der Waals surface area contributed by atoms with E-state index in [-0.39, 0.29) is 24.4 Å². The van der Waals surface area contributed by atoms with E-state index in [1.54, 1.807) is 12.0 Å². The quantitative estimate of drug-likeness (QED) is 0.496. The molecule has 1 aromatic carbocycles. The maximum Gasteiger partial charge on any atom is 0.242 e. The van der Waals surface area contributed by atoms with Crippen LogP contribution in [0, 0.1) is 0 Å². The molecule has 0 spiro atoms. The van der Waals surface area contributed by atoms with Crippen molar-refractivity contribution in [1.82, 2.24) is 14.4 Å². The topological polar surface area (TPSA) is 54.8 Å². The van der Waals surface area contributed by atoms with Crippen LogP contribution in [0.15, 0.2) is 48.7 Å². The van der Waals surface area contributed by atoms with E-state index >= 15 is 0 Å². The van der Waals surface area contributed by atoms with Gasteiger partial charge in [-0.2, -0.15) is 0 Å². The molecule has 0 aliphatic heterocycles. The maximum atomic E-state index is 13.5. The molecular formula is C26H37N3O3. The molecule has 6 nitrogen and oxygen atoms in total. The summed E-state index contributed by atoms with van der Waals surface area (Å²) in [5, 5.41) is 0. The Bertz CT molecular complexity index is 843. The molecule has 0 radical (unpaired) electrons. The van der Waals surface area contributed by atoms with Crippen LogP contribution in [0.4, 0.5) is 0 Å². The third-order valence-corrected chi connectivity index (χ3v) is 6.34. The Kier molecular flexibility index (Phi) is 9.35. The molecule has 6 heteroatoms. The second-order valence-corrected chi connectivity index (χ2v) is 8.71. The van der Waals surface area contributed by atoms with Crippen LogP contribution >= 0.6 is 0 Å². The van der Waals surface area contributed by atoms with Crippen molar-refractivity contribution in [2.24, 2.45) is 0 Å². The monoisotopic (exact) mass is 439 g/mol. The summed E-state index contributed by atoms with van der Waals surface area (Å²) in [5.41, 5.74) is 2.36. The molecule has 1 saturated carbocycles.